The predicted molar refractivity (Wildman–Crippen MR) is 145 cm³/mol. The lowest BCUT2D eigenvalue weighted by Crippen LogP contribution is -2.44. The van der Waals surface area contributed by atoms with Gasteiger partial charge in [-0.25, -0.2) is 13.8 Å². The van der Waals surface area contributed by atoms with Crippen molar-refractivity contribution in [3.05, 3.63) is 89.4 Å². The van der Waals surface area contributed by atoms with Gasteiger partial charge in [0.15, 0.2) is 5.82 Å². The predicted octanol–water partition coefficient (Wildman–Crippen LogP) is 3.59. The molecule has 206 valence electrons. The van der Waals surface area contributed by atoms with Crippen molar-refractivity contribution in [2.75, 3.05) is 18.4 Å². The van der Waals surface area contributed by atoms with Crippen LogP contribution in [0.1, 0.15) is 43.0 Å². The number of hydrogen-bond donors (Lipinski definition) is 3. The zero-order valence-electron chi connectivity index (χ0n) is 22.0. The lowest BCUT2D eigenvalue weighted by Gasteiger charge is -2.18. The Bertz CT molecular complexity index is 1220. The Hall–Kier alpha value is -3.76. The Morgan fingerprint density at radius 1 is 1.05 bits per heavy atom. The number of carbonyl (C=O) groups excluding carboxylic acids is 2. The molecule has 1 saturated heterocycles. The van der Waals surface area contributed by atoms with Gasteiger partial charge in [0.05, 0.1) is 24.5 Å². The minimum Gasteiger partial charge on any atom is -0.344 e. The quantitative estimate of drug-likeness (QED) is 0.327. The number of halogens is 2. The number of rotatable bonds is 12. The molecule has 3 N–H and O–H groups in total. The van der Waals surface area contributed by atoms with Crippen LogP contribution in [0.5, 0.6) is 0 Å². The molecule has 10 heteroatoms. The number of aromatic nitrogens is 2. The van der Waals surface area contributed by atoms with Crippen LogP contribution in [-0.2, 0) is 29.1 Å². The van der Waals surface area contributed by atoms with Crippen molar-refractivity contribution in [1.29, 1.82) is 0 Å². The Morgan fingerprint density at radius 3 is 2.51 bits per heavy atom. The Balaban J connectivity index is 1.23. The molecule has 0 saturated carbocycles. The van der Waals surface area contributed by atoms with E-state index in [0.717, 1.165) is 49.9 Å². The molecule has 0 spiro atoms. The minimum atomic E-state index is -0.815. The van der Waals surface area contributed by atoms with E-state index in [0.29, 0.717) is 25.4 Å². The number of benzene rings is 2. The van der Waals surface area contributed by atoms with Gasteiger partial charge in [0.2, 0.25) is 11.8 Å². The van der Waals surface area contributed by atoms with E-state index in [2.05, 4.69) is 55.1 Å². The SMILES string of the molecule is CCCC(NC(=O)Cc1cc(F)cc(F)c1)C(=O)Nc1cnc(CNC2CCN(Cc3ccccc3)C2)cn1. The number of anilines is 1. The maximum Gasteiger partial charge on any atom is 0.248 e. The molecule has 1 aromatic heterocycles. The minimum absolute atomic E-state index is 0.192. The van der Waals surface area contributed by atoms with Crippen LogP contribution in [0.3, 0.4) is 0 Å². The average molecular weight is 537 g/mol. The molecule has 2 amide bonds. The molecule has 1 fully saturated rings. The third-order valence-electron chi connectivity index (χ3n) is 6.57. The standard InChI is InChI=1S/C29H34F2N6O2/c1-2-6-26(35-28(38)13-21-11-22(30)14-23(31)12-21)29(39)36-27-17-33-25(16-34-27)15-32-24-9-10-37(19-24)18-20-7-4-3-5-8-20/h3-5,7-8,11-12,14,16-17,24,26,32H,2,6,9-10,13,15,18-19H2,1H3,(H,35,38)(H,34,36,39). The Kier molecular flexibility index (Phi) is 10.0. The van der Waals surface area contributed by atoms with Crippen LogP contribution >= 0.6 is 0 Å². The van der Waals surface area contributed by atoms with Gasteiger partial charge in [0.25, 0.3) is 0 Å². The fourth-order valence-corrected chi connectivity index (χ4v) is 4.66. The average Bonchev–Trinajstić information content (AvgIpc) is 3.35. The molecule has 4 rings (SSSR count). The van der Waals surface area contributed by atoms with E-state index in [1.807, 2.05) is 13.0 Å². The lowest BCUT2D eigenvalue weighted by molar-refractivity contribution is -0.126. The number of hydrogen-bond acceptors (Lipinski definition) is 6. The zero-order valence-corrected chi connectivity index (χ0v) is 22.0. The first-order chi connectivity index (χ1) is 18.9. The molecule has 2 unspecified atom stereocenters. The molecule has 8 nitrogen and oxygen atoms in total. The highest BCUT2D eigenvalue weighted by molar-refractivity contribution is 5.96. The topological polar surface area (TPSA) is 99.2 Å². The van der Waals surface area contributed by atoms with Crippen molar-refractivity contribution in [2.45, 2.75) is 57.8 Å². The summed E-state index contributed by atoms with van der Waals surface area (Å²) in [6, 6.07) is 12.9. The molecule has 3 aromatic rings. The first-order valence-electron chi connectivity index (χ1n) is 13.2. The van der Waals surface area contributed by atoms with Crippen molar-refractivity contribution in [2.24, 2.45) is 0 Å². The van der Waals surface area contributed by atoms with Crippen LogP contribution in [0.25, 0.3) is 0 Å². The molecule has 2 heterocycles. The van der Waals surface area contributed by atoms with Crippen molar-refractivity contribution in [3.8, 4) is 0 Å². The summed E-state index contributed by atoms with van der Waals surface area (Å²) in [5, 5.41) is 8.87. The van der Waals surface area contributed by atoms with Gasteiger partial charge in [-0.1, -0.05) is 43.7 Å². The second-order valence-electron chi connectivity index (χ2n) is 9.83. The number of amides is 2. The molecule has 0 radical (unpaired) electrons. The fraction of sp³-hybridized carbons (Fsp3) is 0.379. The van der Waals surface area contributed by atoms with E-state index >= 15 is 0 Å². The van der Waals surface area contributed by atoms with Crippen LogP contribution in [0.2, 0.25) is 0 Å². The van der Waals surface area contributed by atoms with Gasteiger partial charge in [-0.15, -0.1) is 0 Å². The maximum atomic E-state index is 13.4. The summed E-state index contributed by atoms with van der Waals surface area (Å²) in [4.78, 5) is 36.4. The summed E-state index contributed by atoms with van der Waals surface area (Å²) in [6.45, 7) is 5.41. The number of carbonyl (C=O) groups is 2. The van der Waals surface area contributed by atoms with Crippen LogP contribution < -0.4 is 16.0 Å². The summed E-state index contributed by atoms with van der Waals surface area (Å²) in [5.41, 5.74) is 2.26. The number of likely N-dealkylation sites (tertiary alicyclic amines) is 1. The van der Waals surface area contributed by atoms with Crippen LogP contribution in [-0.4, -0.2) is 51.9 Å². The summed E-state index contributed by atoms with van der Waals surface area (Å²) >= 11 is 0. The molecule has 39 heavy (non-hydrogen) atoms. The highest BCUT2D eigenvalue weighted by atomic mass is 19.1. The van der Waals surface area contributed by atoms with Gasteiger partial charge in [0, 0.05) is 38.3 Å². The second kappa shape index (κ2) is 13.9. The van der Waals surface area contributed by atoms with Gasteiger partial charge in [0.1, 0.15) is 17.7 Å². The number of nitrogens with one attached hydrogen (secondary N) is 3. The van der Waals surface area contributed by atoms with E-state index in [1.165, 1.54) is 11.8 Å². The molecule has 2 atom stereocenters. The summed E-state index contributed by atoms with van der Waals surface area (Å²) in [5.74, 6) is -2.17. The summed E-state index contributed by atoms with van der Waals surface area (Å²) < 4.78 is 26.8. The largest absolute Gasteiger partial charge is 0.344 e. The summed E-state index contributed by atoms with van der Waals surface area (Å²) in [6.07, 6.45) is 4.97. The molecular formula is C29H34F2N6O2. The Morgan fingerprint density at radius 2 is 1.82 bits per heavy atom. The van der Waals surface area contributed by atoms with E-state index in [9.17, 15) is 18.4 Å². The maximum absolute atomic E-state index is 13.4. The van der Waals surface area contributed by atoms with Crippen LogP contribution in [0.4, 0.5) is 14.6 Å². The van der Waals surface area contributed by atoms with Gasteiger partial charge in [-0.3, -0.25) is 19.5 Å². The van der Waals surface area contributed by atoms with Crippen LogP contribution in [0, 0.1) is 11.6 Å². The molecular weight excluding hydrogens is 502 g/mol. The van der Waals surface area contributed by atoms with Crippen molar-refractivity contribution >= 4 is 17.6 Å². The first kappa shape index (κ1) is 28.3. The van der Waals surface area contributed by atoms with Gasteiger partial charge in [-0.2, -0.15) is 0 Å². The van der Waals surface area contributed by atoms with Gasteiger partial charge in [-0.05, 0) is 36.1 Å². The number of nitrogens with zero attached hydrogens (tertiary/aromatic N) is 3. The van der Waals surface area contributed by atoms with E-state index in [1.54, 1.807) is 6.20 Å². The van der Waals surface area contributed by atoms with E-state index in [-0.39, 0.29) is 17.8 Å². The fourth-order valence-electron chi connectivity index (χ4n) is 4.66. The van der Waals surface area contributed by atoms with E-state index in [4.69, 9.17) is 0 Å². The van der Waals surface area contributed by atoms with Crippen molar-refractivity contribution in [1.82, 2.24) is 25.5 Å². The smallest absolute Gasteiger partial charge is 0.248 e. The molecule has 0 aliphatic carbocycles. The molecule has 0 bridgehead atoms. The van der Waals surface area contributed by atoms with Crippen molar-refractivity contribution < 1.29 is 18.4 Å². The van der Waals surface area contributed by atoms with E-state index < -0.39 is 29.5 Å². The molecule has 1 aliphatic heterocycles. The molecule has 1 aliphatic rings. The monoisotopic (exact) mass is 536 g/mol. The lowest BCUT2D eigenvalue weighted by atomic mass is 10.1. The molecule has 2 aromatic carbocycles. The third kappa shape index (κ3) is 8.90. The highest BCUT2D eigenvalue weighted by Crippen LogP contribution is 2.14. The van der Waals surface area contributed by atoms with Crippen molar-refractivity contribution in [3.63, 3.8) is 0 Å². The van der Waals surface area contributed by atoms with Gasteiger partial charge < -0.3 is 16.0 Å². The first-order valence-corrected chi connectivity index (χ1v) is 13.2. The normalized spacial score (nSPS) is 16.1. The Labute approximate surface area is 227 Å². The third-order valence-corrected chi connectivity index (χ3v) is 6.57. The zero-order chi connectivity index (χ0) is 27.6. The van der Waals surface area contributed by atoms with Gasteiger partial charge >= 0.3 is 0 Å². The highest BCUT2D eigenvalue weighted by Gasteiger charge is 2.23. The summed E-state index contributed by atoms with van der Waals surface area (Å²) in [7, 11) is 0. The van der Waals surface area contributed by atoms with Crippen LogP contribution in [0.15, 0.2) is 60.9 Å². The second-order valence-corrected chi connectivity index (χ2v) is 9.83.